The van der Waals surface area contributed by atoms with Crippen LogP contribution in [0, 0.1) is 5.41 Å². The maximum Gasteiger partial charge on any atom is 0.251 e. The molecule has 1 aromatic carbocycles. The summed E-state index contributed by atoms with van der Waals surface area (Å²) in [7, 11) is 0. The first-order chi connectivity index (χ1) is 8.28. The number of aliphatic hydroxyl groups is 1. The number of carbonyl (C=O) groups excluding carboxylic acids is 1. The topological polar surface area (TPSA) is 75.3 Å². The summed E-state index contributed by atoms with van der Waals surface area (Å²) in [5, 5.41) is 12.5. The molecule has 0 spiro atoms. The van der Waals surface area contributed by atoms with Gasteiger partial charge in [-0.25, -0.2) is 0 Å². The van der Waals surface area contributed by atoms with Crippen molar-refractivity contribution in [2.75, 3.05) is 12.3 Å². The molecule has 108 valence electrons. The molecule has 4 nitrogen and oxygen atoms in total. The van der Waals surface area contributed by atoms with Gasteiger partial charge in [0.1, 0.15) is 0 Å². The summed E-state index contributed by atoms with van der Waals surface area (Å²) in [5.41, 5.74) is 6.71. The molecule has 1 unspecified atom stereocenters. The molecule has 0 saturated carbocycles. The number of rotatable bonds is 4. The van der Waals surface area contributed by atoms with E-state index in [2.05, 4.69) is 26.1 Å². The Bertz CT molecular complexity index is 416. The minimum atomic E-state index is -0.532. The van der Waals surface area contributed by atoms with Crippen LogP contribution in [0.1, 0.15) is 37.6 Å². The lowest BCUT2D eigenvalue weighted by Gasteiger charge is -2.22. The van der Waals surface area contributed by atoms with Gasteiger partial charge in [-0.2, -0.15) is 0 Å². The standard InChI is InChI=1S/C14H22N2O2.ClH/c1-14(2,3)8-12(17)9-16-13(18)10-5-4-6-11(15)7-10;/h4-7,12,17H,8-9,15H2,1-3H3,(H,16,18);1H. The summed E-state index contributed by atoms with van der Waals surface area (Å²) < 4.78 is 0. The number of halogens is 1. The van der Waals surface area contributed by atoms with Crippen LogP contribution in [0.25, 0.3) is 0 Å². The molecule has 0 bridgehead atoms. The number of amides is 1. The van der Waals surface area contributed by atoms with Crippen molar-refractivity contribution in [2.45, 2.75) is 33.3 Å². The molecule has 1 amide bonds. The highest BCUT2D eigenvalue weighted by atomic mass is 35.5. The van der Waals surface area contributed by atoms with Crippen LogP contribution in [-0.2, 0) is 0 Å². The van der Waals surface area contributed by atoms with Gasteiger partial charge in [0.2, 0.25) is 0 Å². The Kier molecular flexibility index (Phi) is 6.87. The average Bonchev–Trinajstić information content (AvgIpc) is 2.23. The van der Waals surface area contributed by atoms with Crippen molar-refractivity contribution in [3.8, 4) is 0 Å². The van der Waals surface area contributed by atoms with Crippen molar-refractivity contribution >= 4 is 24.0 Å². The van der Waals surface area contributed by atoms with Gasteiger partial charge in [-0.15, -0.1) is 12.4 Å². The van der Waals surface area contributed by atoms with E-state index in [4.69, 9.17) is 5.73 Å². The molecule has 4 N–H and O–H groups in total. The van der Waals surface area contributed by atoms with Gasteiger partial charge in [0.05, 0.1) is 6.10 Å². The smallest absolute Gasteiger partial charge is 0.251 e. The number of hydrogen-bond donors (Lipinski definition) is 3. The lowest BCUT2D eigenvalue weighted by atomic mass is 9.89. The van der Waals surface area contributed by atoms with E-state index in [0.29, 0.717) is 17.7 Å². The van der Waals surface area contributed by atoms with Gasteiger partial charge in [-0.05, 0) is 30.0 Å². The number of nitrogens with two attached hydrogens (primary N) is 1. The molecule has 1 atom stereocenters. The van der Waals surface area contributed by atoms with Crippen LogP contribution >= 0.6 is 12.4 Å². The van der Waals surface area contributed by atoms with Gasteiger partial charge in [0, 0.05) is 17.8 Å². The predicted molar refractivity (Wildman–Crippen MR) is 80.5 cm³/mol. The fourth-order valence-electron chi connectivity index (χ4n) is 1.77. The maximum absolute atomic E-state index is 11.8. The van der Waals surface area contributed by atoms with Gasteiger partial charge in [-0.3, -0.25) is 4.79 Å². The fraction of sp³-hybridized carbons (Fsp3) is 0.500. The molecule has 5 heteroatoms. The van der Waals surface area contributed by atoms with Crippen LogP contribution in [0.3, 0.4) is 0 Å². The Hall–Kier alpha value is -1.26. The van der Waals surface area contributed by atoms with Crippen LogP contribution < -0.4 is 11.1 Å². The molecule has 0 aliphatic carbocycles. The third-order valence-electron chi connectivity index (χ3n) is 2.50. The van der Waals surface area contributed by atoms with Crippen molar-refractivity contribution in [2.24, 2.45) is 5.41 Å². The summed E-state index contributed by atoms with van der Waals surface area (Å²) in [6.07, 6.45) is 0.111. The Balaban J connectivity index is 0.00000324. The predicted octanol–water partition coefficient (Wildman–Crippen LogP) is 2.22. The zero-order chi connectivity index (χ0) is 13.8. The van der Waals surface area contributed by atoms with E-state index in [-0.39, 0.29) is 30.3 Å². The Morgan fingerprint density at radius 2 is 2.05 bits per heavy atom. The largest absolute Gasteiger partial charge is 0.399 e. The lowest BCUT2D eigenvalue weighted by molar-refractivity contribution is 0.0868. The molecule has 0 radical (unpaired) electrons. The number of aliphatic hydroxyl groups excluding tert-OH is 1. The Morgan fingerprint density at radius 1 is 1.42 bits per heavy atom. The number of hydrogen-bond acceptors (Lipinski definition) is 3. The molecular formula is C14H23ClN2O2. The van der Waals surface area contributed by atoms with Crippen molar-refractivity contribution in [3.05, 3.63) is 29.8 Å². The highest BCUT2D eigenvalue weighted by Gasteiger charge is 2.17. The molecule has 19 heavy (non-hydrogen) atoms. The van der Waals surface area contributed by atoms with E-state index >= 15 is 0 Å². The maximum atomic E-state index is 11.8. The van der Waals surface area contributed by atoms with Gasteiger partial charge in [0.25, 0.3) is 5.91 Å². The van der Waals surface area contributed by atoms with Gasteiger partial charge in [-0.1, -0.05) is 26.8 Å². The van der Waals surface area contributed by atoms with E-state index in [1.807, 2.05) is 0 Å². The van der Waals surface area contributed by atoms with Crippen LogP contribution in [0.2, 0.25) is 0 Å². The van der Waals surface area contributed by atoms with Crippen molar-refractivity contribution in [1.82, 2.24) is 5.32 Å². The Morgan fingerprint density at radius 3 is 2.58 bits per heavy atom. The van der Waals surface area contributed by atoms with E-state index < -0.39 is 6.10 Å². The van der Waals surface area contributed by atoms with Gasteiger partial charge < -0.3 is 16.2 Å². The first-order valence-corrected chi connectivity index (χ1v) is 6.10. The summed E-state index contributed by atoms with van der Waals surface area (Å²) >= 11 is 0. The summed E-state index contributed by atoms with van der Waals surface area (Å²) in [6.45, 7) is 6.41. The van der Waals surface area contributed by atoms with Crippen LogP contribution in [0.4, 0.5) is 5.69 Å². The lowest BCUT2D eigenvalue weighted by Crippen LogP contribution is -2.34. The fourth-order valence-corrected chi connectivity index (χ4v) is 1.77. The second-order valence-corrected chi connectivity index (χ2v) is 5.75. The van der Waals surface area contributed by atoms with E-state index in [1.165, 1.54) is 0 Å². The molecule has 0 heterocycles. The molecule has 0 fully saturated rings. The number of nitrogen functional groups attached to an aromatic ring is 1. The van der Waals surface area contributed by atoms with Crippen LogP contribution in [0.5, 0.6) is 0 Å². The van der Waals surface area contributed by atoms with Gasteiger partial charge in [0.15, 0.2) is 0 Å². The quantitative estimate of drug-likeness (QED) is 0.743. The Labute approximate surface area is 120 Å². The third kappa shape index (κ3) is 7.03. The molecule has 0 aliphatic heterocycles. The number of benzene rings is 1. The highest BCUT2D eigenvalue weighted by Crippen LogP contribution is 2.20. The zero-order valence-electron chi connectivity index (χ0n) is 11.6. The number of anilines is 1. The third-order valence-corrected chi connectivity index (χ3v) is 2.50. The summed E-state index contributed by atoms with van der Waals surface area (Å²) in [5.74, 6) is -0.213. The zero-order valence-corrected chi connectivity index (χ0v) is 12.5. The molecule has 0 saturated heterocycles. The van der Waals surface area contributed by atoms with Gasteiger partial charge >= 0.3 is 0 Å². The second kappa shape index (κ2) is 7.36. The molecule has 0 aromatic heterocycles. The van der Waals surface area contributed by atoms with E-state index in [9.17, 15) is 9.90 Å². The molecule has 1 aromatic rings. The van der Waals surface area contributed by atoms with E-state index in [0.717, 1.165) is 0 Å². The average molecular weight is 287 g/mol. The number of nitrogens with one attached hydrogen (secondary N) is 1. The monoisotopic (exact) mass is 286 g/mol. The minimum Gasteiger partial charge on any atom is -0.399 e. The van der Waals surface area contributed by atoms with Crippen LogP contribution in [-0.4, -0.2) is 23.7 Å². The SMILES string of the molecule is CC(C)(C)CC(O)CNC(=O)c1cccc(N)c1.Cl. The van der Waals surface area contributed by atoms with Crippen molar-refractivity contribution in [1.29, 1.82) is 0 Å². The molecule has 0 aliphatic rings. The highest BCUT2D eigenvalue weighted by molar-refractivity contribution is 5.94. The second-order valence-electron chi connectivity index (χ2n) is 5.75. The first kappa shape index (κ1) is 17.7. The number of carbonyl (C=O) groups is 1. The summed E-state index contributed by atoms with van der Waals surface area (Å²) in [6, 6.07) is 6.77. The molecule has 1 rings (SSSR count). The first-order valence-electron chi connectivity index (χ1n) is 6.10. The minimum absolute atomic E-state index is 0. The van der Waals surface area contributed by atoms with Crippen molar-refractivity contribution in [3.63, 3.8) is 0 Å². The van der Waals surface area contributed by atoms with E-state index in [1.54, 1.807) is 24.3 Å². The van der Waals surface area contributed by atoms with Crippen LogP contribution in [0.15, 0.2) is 24.3 Å². The summed E-state index contributed by atoms with van der Waals surface area (Å²) in [4.78, 5) is 11.8. The normalized spacial score (nSPS) is 12.4. The van der Waals surface area contributed by atoms with Crippen molar-refractivity contribution < 1.29 is 9.90 Å². The molecular weight excluding hydrogens is 264 g/mol.